The summed E-state index contributed by atoms with van der Waals surface area (Å²) < 4.78 is 0. The van der Waals surface area contributed by atoms with Crippen molar-refractivity contribution in [2.75, 3.05) is 0 Å². The third-order valence-electron chi connectivity index (χ3n) is 25.1. The van der Waals surface area contributed by atoms with Crippen molar-refractivity contribution in [1.82, 2.24) is 0 Å². The van der Waals surface area contributed by atoms with Crippen LogP contribution >= 0.6 is 0 Å². The Bertz CT molecular complexity index is 4240. The van der Waals surface area contributed by atoms with E-state index in [1.165, 1.54) is 0 Å². The molecule has 0 aromatic heterocycles. The summed E-state index contributed by atoms with van der Waals surface area (Å²) in [5.41, 5.74) is 17.4. The van der Waals surface area contributed by atoms with E-state index in [0.29, 0.717) is 111 Å². The van der Waals surface area contributed by atoms with Crippen LogP contribution in [-0.4, -0.2) is 51.1 Å². The zero-order chi connectivity index (χ0) is 89.3. The minimum absolute atomic E-state index is 0.0442. The van der Waals surface area contributed by atoms with Gasteiger partial charge in [0.05, 0.1) is 0 Å². The third kappa shape index (κ3) is 19.9. The molecule has 0 unspecified atom stereocenters. The smallest absolute Gasteiger partial charge is 0.122 e. The van der Waals surface area contributed by atoms with Crippen LogP contribution in [0, 0.1) is 0 Å². The van der Waals surface area contributed by atoms with Crippen molar-refractivity contribution in [3.63, 3.8) is 0 Å². The molecule has 120 heavy (non-hydrogen) atoms. The maximum Gasteiger partial charge on any atom is 0.122 e. The van der Waals surface area contributed by atoms with Crippen LogP contribution in [0.3, 0.4) is 0 Å². The lowest BCUT2D eigenvalue weighted by Crippen LogP contribution is -2.15. The van der Waals surface area contributed by atoms with Gasteiger partial charge in [0.2, 0.25) is 0 Å². The summed E-state index contributed by atoms with van der Waals surface area (Å²) in [4.78, 5) is 0. The van der Waals surface area contributed by atoms with Crippen LogP contribution in [0.1, 0.15) is 375 Å². The lowest BCUT2D eigenvalue weighted by Gasteiger charge is -2.27. The Morgan fingerprint density at radius 3 is 0.208 bits per heavy atom. The molecule has 10 aromatic carbocycles. The minimum atomic E-state index is -0.406. The van der Waals surface area contributed by atoms with E-state index >= 15 is 0 Å². The molecule has 20 bridgehead atoms. The second-order valence-electron chi connectivity index (χ2n) is 45.7. The summed E-state index contributed by atoms with van der Waals surface area (Å²) in [5, 5.41) is 130. The van der Waals surface area contributed by atoms with Crippen LogP contribution in [0.5, 0.6) is 57.5 Å². The molecular formula is C110H140O10. The molecule has 0 amide bonds. The van der Waals surface area contributed by atoms with Gasteiger partial charge >= 0.3 is 0 Å². The van der Waals surface area contributed by atoms with E-state index < -0.39 is 54.1 Å². The molecule has 0 heterocycles. The normalized spacial score (nSPS) is 14.2. The second-order valence-corrected chi connectivity index (χ2v) is 45.7. The van der Waals surface area contributed by atoms with Crippen molar-refractivity contribution in [3.05, 3.63) is 288 Å². The molecule has 10 nitrogen and oxygen atoms in total. The zero-order valence-electron chi connectivity index (χ0n) is 78.1. The number of phenols is 10. The molecule has 11 rings (SSSR count). The number of hydrogen-bond acceptors (Lipinski definition) is 10. The molecule has 1 aliphatic rings. The number of hydrogen-bond donors (Lipinski definition) is 10. The van der Waals surface area contributed by atoms with E-state index in [4.69, 9.17) is 0 Å². The van der Waals surface area contributed by atoms with Gasteiger partial charge in [0.15, 0.2) is 0 Å². The van der Waals surface area contributed by atoms with Gasteiger partial charge in [0.1, 0.15) is 57.5 Å². The first-order valence-electron chi connectivity index (χ1n) is 43.4. The SMILES string of the molecule is CC(C)(C)c1cc2c(O)c(c1)Cc1cc(C(C)(C)C)cc(c1O)Cc1cc(C(C)(C)C)cc(c1O)Cc1cc(C(C)(C)C)cc(c1O)Cc1cc(C(C)(C)C)cc(c1O)Cc1cc(C(C)(C)C)cc(c1O)Cc1cc(C(C)(C)C)cc(c1O)Cc1cc(C(C)(C)C)cc(c1O)Cc1cc(C(C)(C)C)cc(c1O)Cc1cc(C(C)(C)C)cc(c1O)C2. The molecule has 0 radical (unpaired) electrons. The average Bonchev–Trinajstić information content (AvgIpc) is 0.774. The predicted molar refractivity (Wildman–Crippen MR) is 496 cm³/mol. The summed E-state index contributed by atoms with van der Waals surface area (Å²) in [6.07, 6.45) is 1.45. The fourth-order valence-electron chi connectivity index (χ4n) is 16.7. The number of aromatic hydroxyl groups is 10. The third-order valence-corrected chi connectivity index (χ3v) is 25.1. The van der Waals surface area contributed by atoms with Gasteiger partial charge in [-0.2, -0.15) is 0 Å². The van der Waals surface area contributed by atoms with Gasteiger partial charge in [0, 0.05) is 64.2 Å². The van der Waals surface area contributed by atoms with Crippen LogP contribution in [0.15, 0.2) is 121 Å². The first-order valence-corrected chi connectivity index (χ1v) is 43.4. The largest absolute Gasteiger partial charge is 0.507 e. The summed E-state index contributed by atoms with van der Waals surface area (Å²) in [6.45, 7) is 64.1. The fourth-order valence-corrected chi connectivity index (χ4v) is 16.7. The Balaban J connectivity index is 1.17. The number of fused-ring (bicyclic) bond motifs is 20. The maximum atomic E-state index is 13.0. The van der Waals surface area contributed by atoms with E-state index in [9.17, 15) is 51.1 Å². The topological polar surface area (TPSA) is 202 Å². The summed E-state index contributed by atoms with van der Waals surface area (Å²) in [6, 6.07) is 40.6. The van der Waals surface area contributed by atoms with E-state index in [0.717, 1.165) is 55.6 Å². The monoisotopic (exact) mass is 1620 g/mol. The summed E-state index contributed by atoms with van der Waals surface area (Å²) in [7, 11) is 0. The van der Waals surface area contributed by atoms with E-state index in [-0.39, 0.29) is 122 Å². The first-order chi connectivity index (χ1) is 54.8. The zero-order valence-corrected chi connectivity index (χ0v) is 78.1. The van der Waals surface area contributed by atoms with E-state index in [2.05, 4.69) is 208 Å². The molecule has 0 fully saturated rings. The summed E-state index contributed by atoms with van der Waals surface area (Å²) >= 11 is 0. The molecular weight excluding hydrogens is 1480 g/mol. The van der Waals surface area contributed by atoms with Gasteiger partial charge in [-0.15, -0.1) is 0 Å². The van der Waals surface area contributed by atoms with Crippen LogP contribution in [0.2, 0.25) is 0 Å². The van der Waals surface area contributed by atoms with Gasteiger partial charge in [-0.3, -0.25) is 0 Å². The van der Waals surface area contributed by atoms with Crippen LogP contribution in [0.25, 0.3) is 0 Å². The van der Waals surface area contributed by atoms with E-state index in [1.54, 1.807) is 0 Å². The predicted octanol–water partition coefficient (Wildman–Crippen LogP) is 25.9. The molecule has 0 aliphatic heterocycles. The standard InChI is InChI=1S/C110H140O10/c1-101(2,3)81-41-61-31-63-43-82(102(4,5)6)45-65(92(63)112)33-67-47-84(104(10,11)12)49-69(94(67)114)35-71-51-86(106(16,17)18)53-73(96(71)116)37-75-55-88(108(22,23)24)57-77(98(75)118)39-79-59-90(110(28,29)30)60-80(100(79)120)40-78-58-89(109(25,26)27)56-76(99(78)119)38-74-54-87(107(19,20)21)52-72(97(74)117)36-70-50-85(105(13,14)15)48-68(95(70)115)34-66-46-83(103(7,8)9)44-64(93(66)113)32-62(42-81)91(61)111/h41-60,111-120H,31-40H2,1-30H3. The fraction of sp³-hybridized carbons (Fsp3) is 0.455. The van der Waals surface area contributed by atoms with Crippen LogP contribution in [-0.2, 0) is 118 Å². The highest BCUT2D eigenvalue weighted by Gasteiger charge is 2.34. The second kappa shape index (κ2) is 31.9. The Hall–Kier alpha value is -9.80. The van der Waals surface area contributed by atoms with Gasteiger partial charge in [-0.1, -0.05) is 329 Å². The van der Waals surface area contributed by atoms with Gasteiger partial charge in [-0.05, 0) is 221 Å². The van der Waals surface area contributed by atoms with Crippen molar-refractivity contribution in [2.24, 2.45) is 0 Å². The van der Waals surface area contributed by atoms with Crippen LogP contribution < -0.4 is 0 Å². The highest BCUT2D eigenvalue weighted by Crippen LogP contribution is 2.49. The minimum Gasteiger partial charge on any atom is -0.507 e. The molecule has 10 heteroatoms. The highest BCUT2D eigenvalue weighted by atomic mass is 16.3. The molecule has 1 aliphatic carbocycles. The number of rotatable bonds is 0. The molecule has 640 valence electrons. The van der Waals surface area contributed by atoms with Gasteiger partial charge in [-0.25, -0.2) is 0 Å². The van der Waals surface area contributed by atoms with Crippen molar-refractivity contribution < 1.29 is 51.1 Å². The van der Waals surface area contributed by atoms with Crippen molar-refractivity contribution in [2.45, 2.75) is 326 Å². The van der Waals surface area contributed by atoms with Gasteiger partial charge in [0.25, 0.3) is 0 Å². The van der Waals surface area contributed by atoms with Crippen molar-refractivity contribution >= 4 is 0 Å². The molecule has 0 spiro atoms. The Kier molecular flexibility index (Phi) is 24.2. The molecule has 0 atom stereocenters. The van der Waals surface area contributed by atoms with E-state index in [1.807, 2.05) is 121 Å². The average molecular weight is 1620 g/mol. The van der Waals surface area contributed by atoms with Crippen molar-refractivity contribution in [1.29, 1.82) is 0 Å². The molecule has 0 saturated carbocycles. The molecule has 0 saturated heterocycles. The lowest BCUT2D eigenvalue weighted by atomic mass is 9.79. The first kappa shape index (κ1) is 91.0. The van der Waals surface area contributed by atoms with Gasteiger partial charge < -0.3 is 51.1 Å². The molecule has 10 N–H and O–H groups in total. The Morgan fingerprint density at radius 1 is 0.117 bits per heavy atom. The number of phenolic OH excluding ortho intramolecular Hbond substituents is 10. The van der Waals surface area contributed by atoms with Crippen molar-refractivity contribution in [3.8, 4) is 57.5 Å². The molecule has 10 aromatic rings. The Labute approximate surface area is 718 Å². The maximum absolute atomic E-state index is 13.0. The number of benzene rings is 10. The lowest BCUT2D eigenvalue weighted by molar-refractivity contribution is 0.449. The highest BCUT2D eigenvalue weighted by molar-refractivity contribution is 5.64. The quantitative estimate of drug-likeness (QED) is 0.0696. The van der Waals surface area contributed by atoms with Crippen LogP contribution in [0.4, 0.5) is 0 Å². The summed E-state index contributed by atoms with van der Waals surface area (Å²) in [5.74, 6) is 0.442. The Morgan fingerprint density at radius 2 is 0.167 bits per heavy atom.